The minimum absolute atomic E-state index is 0. The zero-order valence-electron chi connectivity index (χ0n) is 19.7. The van der Waals surface area contributed by atoms with E-state index in [-0.39, 0.29) is 29.6 Å². The summed E-state index contributed by atoms with van der Waals surface area (Å²) >= 11 is 0. The van der Waals surface area contributed by atoms with E-state index in [0.717, 1.165) is 46.6 Å². The van der Waals surface area contributed by atoms with Gasteiger partial charge in [-0.25, -0.2) is 0 Å². The van der Waals surface area contributed by atoms with Gasteiger partial charge in [-0.15, -0.1) is 5.46 Å². The van der Waals surface area contributed by atoms with Crippen LogP contribution >= 0.6 is 0 Å². The van der Waals surface area contributed by atoms with Crippen molar-refractivity contribution in [2.24, 2.45) is 0 Å². The number of rotatable bonds is 9. The van der Waals surface area contributed by atoms with E-state index in [4.69, 9.17) is 4.74 Å². The van der Waals surface area contributed by atoms with Gasteiger partial charge in [0.2, 0.25) is 0 Å². The molecule has 0 atom stereocenters. The van der Waals surface area contributed by atoms with E-state index < -0.39 is 12.4 Å². The van der Waals surface area contributed by atoms with Crippen molar-refractivity contribution in [2.45, 2.75) is 13.3 Å². The molecule has 0 radical (unpaired) electrons. The van der Waals surface area contributed by atoms with Crippen LogP contribution in [-0.2, 0) is 0 Å². The van der Waals surface area contributed by atoms with Crippen molar-refractivity contribution < 1.29 is 47.2 Å². The Hall–Kier alpha value is -1.99. The van der Waals surface area contributed by atoms with Gasteiger partial charge in [-0.2, -0.15) is 0 Å². The monoisotopic (exact) mass is 461 g/mol. The van der Waals surface area contributed by atoms with Crippen molar-refractivity contribution in [1.82, 2.24) is 4.90 Å². The zero-order valence-corrected chi connectivity index (χ0v) is 21.7. The number of likely N-dealkylation sites (N-methyl/N-ethyl adjacent to an activating group) is 1. The summed E-state index contributed by atoms with van der Waals surface area (Å²) < 4.78 is 45.3. The molecule has 0 N–H and O–H groups in total. The molecule has 3 aromatic carbocycles. The van der Waals surface area contributed by atoms with Crippen LogP contribution in [0.25, 0.3) is 11.1 Å². The van der Waals surface area contributed by atoms with Gasteiger partial charge in [-0.3, -0.25) is 0 Å². The van der Waals surface area contributed by atoms with Crippen molar-refractivity contribution in [2.75, 3.05) is 27.2 Å². The Morgan fingerprint density at radius 2 is 1.33 bits per heavy atom. The van der Waals surface area contributed by atoms with Crippen LogP contribution in [0.3, 0.4) is 0 Å². The molecule has 168 valence electrons. The molecule has 0 aliphatic heterocycles. The molecule has 0 bridgehead atoms. The van der Waals surface area contributed by atoms with Crippen LogP contribution in [0.1, 0.15) is 30.0 Å². The van der Waals surface area contributed by atoms with Crippen molar-refractivity contribution in [3.63, 3.8) is 0 Å². The first-order valence-corrected chi connectivity index (χ1v) is 10.8. The topological polar surface area (TPSA) is 12.5 Å². The molecule has 0 fully saturated rings. The summed E-state index contributed by atoms with van der Waals surface area (Å²) in [6.07, 6.45) is 0.741. The van der Waals surface area contributed by atoms with Crippen LogP contribution in [-0.4, -0.2) is 39.1 Å². The average Bonchev–Trinajstić information content (AvgIpc) is 2.78. The number of halogens is 3. The third-order valence-corrected chi connectivity index (χ3v) is 5.31. The molecule has 0 saturated heterocycles. The SMILES string of the molecule is CC/C(=C(/c1ccc(OCCN(C)C)cc1)c1ccc([B-](F)(F)F)cc1)c1ccccc1.[Na+]. The summed E-state index contributed by atoms with van der Waals surface area (Å²) in [4.78, 5) is 2.05. The smallest absolute Gasteiger partial charge is 0.492 e. The maximum atomic E-state index is 13.2. The van der Waals surface area contributed by atoms with E-state index in [1.54, 1.807) is 12.1 Å². The fraction of sp³-hybridized carbons (Fsp3) is 0.231. The fourth-order valence-corrected chi connectivity index (χ4v) is 3.61. The summed E-state index contributed by atoms with van der Waals surface area (Å²) in [5, 5.41) is 0. The largest absolute Gasteiger partial charge is 1.00 e. The van der Waals surface area contributed by atoms with Crippen molar-refractivity contribution in [3.8, 4) is 5.75 Å². The Morgan fingerprint density at radius 1 is 0.788 bits per heavy atom. The Bertz CT molecular complexity index is 1030. The quantitative estimate of drug-likeness (QED) is 0.359. The maximum absolute atomic E-state index is 13.2. The Balaban J connectivity index is 0.00000385. The summed E-state index contributed by atoms with van der Waals surface area (Å²) in [6.45, 7) is -1.56. The number of nitrogens with zero attached hydrogens (tertiary/aromatic N) is 1. The molecule has 0 aliphatic carbocycles. The van der Waals surface area contributed by atoms with E-state index in [1.807, 2.05) is 68.7 Å². The average molecular weight is 461 g/mol. The minimum Gasteiger partial charge on any atom is -0.492 e. The predicted octanol–water partition coefficient (Wildman–Crippen LogP) is 3.05. The van der Waals surface area contributed by atoms with E-state index in [2.05, 4.69) is 11.8 Å². The molecule has 2 nitrogen and oxygen atoms in total. The molecular weight excluding hydrogens is 433 g/mol. The standard InChI is InChI=1S/C26H28BF3NO.Na/c1-4-25(20-8-6-5-7-9-20)26(21-10-14-23(15-11-21)27(28,29)30)22-12-16-24(17-13-22)32-19-18-31(2)3;/h5-17H,4,18-19H2,1-3H3;/q-1;+1/b26-25-;. The summed E-state index contributed by atoms with van der Waals surface area (Å²) in [5.74, 6) is 0.767. The van der Waals surface area contributed by atoms with Gasteiger partial charge >= 0.3 is 36.5 Å². The Labute approximate surface area is 216 Å². The van der Waals surface area contributed by atoms with Crippen LogP contribution in [0.15, 0.2) is 78.9 Å². The number of hydrogen-bond acceptors (Lipinski definition) is 2. The third-order valence-electron chi connectivity index (χ3n) is 5.31. The predicted molar refractivity (Wildman–Crippen MR) is 128 cm³/mol. The van der Waals surface area contributed by atoms with E-state index in [1.165, 1.54) is 12.1 Å². The van der Waals surface area contributed by atoms with E-state index in [9.17, 15) is 12.9 Å². The third kappa shape index (κ3) is 7.51. The molecule has 3 aromatic rings. The molecule has 0 aromatic heterocycles. The molecule has 0 saturated carbocycles. The molecule has 0 spiro atoms. The van der Waals surface area contributed by atoms with Gasteiger partial charge in [0, 0.05) is 6.54 Å². The van der Waals surface area contributed by atoms with Crippen LogP contribution in [0, 0.1) is 0 Å². The van der Waals surface area contributed by atoms with Crippen LogP contribution in [0.5, 0.6) is 5.75 Å². The molecule has 7 heteroatoms. The van der Waals surface area contributed by atoms with Crippen molar-refractivity contribution in [3.05, 3.63) is 95.6 Å². The number of ether oxygens (including phenoxy) is 1. The second-order valence-corrected chi connectivity index (χ2v) is 7.95. The van der Waals surface area contributed by atoms with Gasteiger partial charge in [-0.1, -0.05) is 73.7 Å². The number of allylic oxidation sites excluding steroid dienone is 1. The fourth-order valence-electron chi connectivity index (χ4n) is 3.61. The number of hydrogen-bond donors (Lipinski definition) is 0. The van der Waals surface area contributed by atoms with Gasteiger partial charge < -0.3 is 22.6 Å². The van der Waals surface area contributed by atoms with Crippen LogP contribution in [0.4, 0.5) is 12.9 Å². The summed E-state index contributed by atoms with van der Waals surface area (Å²) in [5.41, 5.74) is 4.18. The molecule has 33 heavy (non-hydrogen) atoms. The first kappa shape index (κ1) is 27.3. The van der Waals surface area contributed by atoms with Crippen molar-refractivity contribution in [1.29, 1.82) is 0 Å². The zero-order chi connectivity index (χ0) is 23.1. The first-order valence-electron chi connectivity index (χ1n) is 10.8. The normalized spacial score (nSPS) is 12.2. The Morgan fingerprint density at radius 3 is 1.82 bits per heavy atom. The molecule has 0 aliphatic rings. The maximum Gasteiger partial charge on any atom is 1.00 e. The van der Waals surface area contributed by atoms with E-state index >= 15 is 0 Å². The summed E-state index contributed by atoms with van der Waals surface area (Å²) in [7, 11) is 3.98. The first-order chi connectivity index (χ1) is 15.3. The van der Waals surface area contributed by atoms with Crippen LogP contribution in [0.2, 0.25) is 0 Å². The number of benzene rings is 3. The van der Waals surface area contributed by atoms with Gasteiger partial charge in [-0.05, 0) is 60.5 Å². The van der Waals surface area contributed by atoms with Crippen molar-refractivity contribution >= 4 is 23.6 Å². The van der Waals surface area contributed by atoms with Gasteiger partial charge in [0.15, 0.2) is 0 Å². The second kappa shape index (κ2) is 12.5. The molecular formula is C26H28BF3NNaO. The molecule has 3 rings (SSSR count). The van der Waals surface area contributed by atoms with Gasteiger partial charge in [0.1, 0.15) is 12.4 Å². The second-order valence-electron chi connectivity index (χ2n) is 7.95. The summed E-state index contributed by atoms with van der Waals surface area (Å²) in [6, 6.07) is 23.2. The van der Waals surface area contributed by atoms with Gasteiger partial charge in [0.05, 0.1) is 0 Å². The van der Waals surface area contributed by atoms with Gasteiger partial charge in [0.25, 0.3) is 0 Å². The Kier molecular flexibility index (Phi) is 10.3. The van der Waals surface area contributed by atoms with E-state index in [0.29, 0.717) is 6.61 Å². The molecule has 0 heterocycles. The van der Waals surface area contributed by atoms with Crippen LogP contribution < -0.4 is 39.8 Å². The minimum atomic E-state index is -5.02. The molecule has 0 unspecified atom stereocenters. The molecule has 0 amide bonds.